The van der Waals surface area contributed by atoms with Crippen molar-refractivity contribution in [2.45, 2.75) is 25.8 Å². The first-order valence-corrected chi connectivity index (χ1v) is 6.11. The van der Waals surface area contributed by atoms with Gasteiger partial charge < -0.3 is 10.1 Å². The fourth-order valence-electron chi connectivity index (χ4n) is 1.86. The number of benzene rings is 1. The molecule has 1 aromatic heterocycles. The number of hydrogen-bond acceptors (Lipinski definition) is 4. The number of ketones is 1. The van der Waals surface area contributed by atoms with Crippen molar-refractivity contribution in [3.05, 3.63) is 23.9 Å². The molecule has 1 aliphatic carbocycles. The molecule has 1 fully saturated rings. The highest BCUT2D eigenvalue weighted by atomic mass is 16.6. The van der Waals surface area contributed by atoms with Gasteiger partial charge in [0.15, 0.2) is 5.78 Å². The Bertz CT molecular complexity index is 658. The van der Waals surface area contributed by atoms with Gasteiger partial charge in [0.2, 0.25) is 0 Å². The van der Waals surface area contributed by atoms with E-state index in [1.807, 2.05) is 0 Å². The predicted octanol–water partition coefficient (Wildman–Crippen LogP) is 2.02. The molecular weight excluding hydrogens is 246 g/mol. The first-order valence-electron chi connectivity index (χ1n) is 6.11. The number of carbonyl (C=O) groups is 2. The first-order chi connectivity index (χ1) is 9.13. The normalized spacial score (nSPS) is 14.4. The Labute approximate surface area is 109 Å². The molecule has 0 saturated heterocycles. The van der Waals surface area contributed by atoms with Gasteiger partial charge in [-0.25, -0.2) is 4.79 Å². The average Bonchev–Trinajstić information content (AvgIpc) is 3.06. The van der Waals surface area contributed by atoms with Gasteiger partial charge in [0, 0.05) is 18.4 Å². The van der Waals surface area contributed by atoms with Crippen LogP contribution in [0.1, 0.15) is 30.3 Å². The summed E-state index contributed by atoms with van der Waals surface area (Å²) in [6.45, 7) is 1.45. The number of carbonyl (C=O) groups excluding carboxylic acids is 2. The van der Waals surface area contributed by atoms with Gasteiger partial charge in [0.25, 0.3) is 0 Å². The van der Waals surface area contributed by atoms with Crippen LogP contribution >= 0.6 is 0 Å². The van der Waals surface area contributed by atoms with Crippen LogP contribution < -0.4 is 10.1 Å². The van der Waals surface area contributed by atoms with Crippen molar-refractivity contribution in [2.75, 3.05) is 0 Å². The summed E-state index contributed by atoms with van der Waals surface area (Å²) in [6.07, 6.45) is 1.55. The number of hydrogen-bond donors (Lipinski definition) is 2. The Morgan fingerprint density at radius 3 is 2.89 bits per heavy atom. The van der Waals surface area contributed by atoms with Crippen molar-refractivity contribution < 1.29 is 14.3 Å². The van der Waals surface area contributed by atoms with Gasteiger partial charge in [-0.1, -0.05) is 0 Å². The number of H-pyrrole nitrogens is 1. The summed E-state index contributed by atoms with van der Waals surface area (Å²) in [6, 6.07) is 5.28. The minimum Gasteiger partial charge on any atom is -0.410 e. The Balaban J connectivity index is 1.85. The lowest BCUT2D eigenvalue weighted by Gasteiger charge is -2.05. The van der Waals surface area contributed by atoms with E-state index in [1.165, 1.54) is 6.92 Å². The number of fused-ring (bicyclic) bond motifs is 1. The molecule has 0 unspecified atom stereocenters. The van der Waals surface area contributed by atoms with Crippen LogP contribution in [0, 0.1) is 0 Å². The molecule has 0 spiro atoms. The summed E-state index contributed by atoms with van der Waals surface area (Å²) in [5.74, 6) is 0.264. The lowest BCUT2D eigenvalue weighted by atomic mass is 10.1. The molecular formula is C13H13N3O3. The van der Waals surface area contributed by atoms with Gasteiger partial charge in [-0.2, -0.15) is 5.10 Å². The number of rotatable bonds is 3. The third kappa shape index (κ3) is 2.42. The summed E-state index contributed by atoms with van der Waals surface area (Å²) in [5.41, 5.74) is 1.09. The number of Topliss-reactive ketones (excluding diaryl/α,β-unsaturated/α-hetero) is 1. The van der Waals surface area contributed by atoms with E-state index in [9.17, 15) is 9.59 Å². The molecule has 0 radical (unpaired) electrons. The van der Waals surface area contributed by atoms with Gasteiger partial charge in [-0.15, -0.1) is 0 Å². The lowest BCUT2D eigenvalue weighted by molar-refractivity contribution is 0.101. The molecule has 1 saturated carbocycles. The molecule has 19 heavy (non-hydrogen) atoms. The van der Waals surface area contributed by atoms with E-state index < -0.39 is 6.09 Å². The maximum absolute atomic E-state index is 11.5. The van der Waals surface area contributed by atoms with Crippen molar-refractivity contribution in [1.82, 2.24) is 15.5 Å². The second-order valence-corrected chi connectivity index (χ2v) is 4.64. The Hall–Kier alpha value is -2.37. The van der Waals surface area contributed by atoms with Crippen molar-refractivity contribution in [1.29, 1.82) is 0 Å². The number of aromatic amines is 1. The quantitative estimate of drug-likeness (QED) is 0.826. The summed E-state index contributed by atoms with van der Waals surface area (Å²) >= 11 is 0. The van der Waals surface area contributed by atoms with Crippen LogP contribution in [0.15, 0.2) is 18.2 Å². The predicted molar refractivity (Wildman–Crippen MR) is 68.3 cm³/mol. The molecule has 6 nitrogen and oxygen atoms in total. The van der Waals surface area contributed by atoms with Crippen LogP contribution in [0.3, 0.4) is 0 Å². The minimum atomic E-state index is -0.463. The van der Waals surface area contributed by atoms with Crippen molar-refractivity contribution in [3.63, 3.8) is 0 Å². The smallest absolute Gasteiger partial charge is 0.410 e. The van der Waals surface area contributed by atoms with Crippen molar-refractivity contribution >= 4 is 22.8 Å². The van der Waals surface area contributed by atoms with Gasteiger partial charge in [-0.3, -0.25) is 9.89 Å². The molecule has 0 atom stereocenters. The van der Waals surface area contributed by atoms with Crippen LogP contribution in [0.2, 0.25) is 0 Å². The molecule has 0 bridgehead atoms. The average molecular weight is 259 g/mol. The zero-order valence-corrected chi connectivity index (χ0v) is 10.4. The first kappa shape index (κ1) is 11.7. The van der Waals surface area contributed by atoms with Crippen LogP contribution in [-0.2, 0) is 0 Å². The molecule has 1 amide bonds. The van der Waals surface area contributed by atoms with E-state index in [0.29, 0.717) is 16.8 Å². The van der Waals surface area contributed by atoms with E-state index in [2.05, 4.69) is 15.5 Å². The number of aromatic nitrogens is 2. The van der Waals surface area contributed by atoms with Crippen LogP contribution in [0.25, 0.3) is 10.9 Å². The number of nitrogens with one attached hydrogen (secondary N) is 2. The zero-order chi connectivity index (χ0) is 13.4. The second-order valence-electron chi connectivity index (χ2n) is 4.64. The number of amides is 1. The van der Waals surface area contributed by atoms with Crippen molar-refractivity contribution in [3.8, 4) is 5.75 Å². The molecule has 0 aliphatic heterocycles. The monoisotopic (exact) mass is 259 g/mol. The summed E-state index contributed by atoms with van der Waals surface area (Å²) in [7, 11) is 0. The molecule has 98 valence electrons. The van der Waals surface area contributed by atoms with Gasteiger partial charge >= 0.3 is 6.09 Å². The highest BCUT2D eigenvalue weighted by Gasteiger charge is 2.24. The summed E-state index contributed by atoms with van der Waals surface area (Å²) in [5, 5.41) is 10.1. The highest BCUT2D eigenvalue weighted by molar-refractivity contribution is 6.05. The van der Waals surface area contributed by atoms with E-state index in [4.69, 9.17) is 4.74 Å². The van der Waals surface area contributed by atoms with Gasteiger partial charge in [0.05, 0.1) is 5.52 Å². The molecule has 1 aliphatic rings. The lowest BCUT2D eigenvalue weighted by Crippen LogP contribution is -2.28. The maximum atomic E-state index is 11.5. The molecule has 3 rings (SSSR count). The maximum Gasteiger partial charge on any atom is 0.412 e. The highest BCUT2D eigenvalue weighted by Crippen LogP contribution is 2.23. The minimum absolute atomic E-state index is 0.133. The molecule has 1 aromatic carbocycles. The Morgan fingerprint density at radius 1 is 1.42 bits per heavy atom. The third-order valence-electron chi connectivity index (χ3n) is 2.98. The Kier molecular flexibility index (Phi) is 2.70. The molecule has 1 heterocycles. The van der Waals surface area contributed by atoms with Crippen LogP contribution in [0.4, 0.5) is 4.79 Å². The SMILES string of the molecule is CC(=O)c1n[nH]c2ccc(OC(=O)NC3CC3)cc12. The zero-order valence-electron chi connectivity index (χ0n) is 10.4. The number of ether oxygens (including phenoxy) is 1. The fraction of sp³-hybridized carbons (Fsp3) is 0.308. The molecule has 2 aromatic rings. The third-order valence-corrected chi connectivity index (χ3v) is 2.98. The van der Waals surface area contributed by atoms with Gasteiger partial charge in [0.1, 0.15) is 11.4 Å². The van der Waals surface area contributed by atoms with Gasteiger partial charge in [-0.05, 0) is 31.0 Å². The topological polar surface area (TPSA) is 84.1 Å². The van der Waals surface area contributed by atoms with E-state index in [-0.39, 0.29) is 11.8 Å². The van der Waals surface area contributed by atoms with Crippen LogP contribution in [0.5, 0.6) is 5.75 Å². The van der Waals surface area contributed by atoms with E-state index >= 15 is 0 Å². The van der Waals surface area contributed by atoms with Crippen molar-refractivity contribution in [2.24, 2.45) is 0 Å². The van der Waals surface area contributed by atoms with E-state index in [0.717, 1.165) is 18.4 Å². The summed E-state index contributed by atoms with van der Waals surface area (Å²) in [4.78, 5) is 22.9. The van der Waals surface area contributed by atoms with E-state index in [1.54, 1.807) is 18.2 Å². The number of nitrogens with zero attached hydrogens (tertiary/aromatic N) is 1. The largest absolute Gasteiger partial charge is 0.412 e. The fourth-order valence-corrected chi connectivity index (χ4v) is 1.86. The second kappa shape index (κ2) is 4.38. The molecule has 2 N–H and O–H groups in total. The standard InChI is InChI=1S/C13H13N3O3/c1-7(17)12-10-6-9(4-5-11(10)15-16-12)19-13(18)14-8-2-3-8/h4-6,8H,2-3H2,1H3,(H,14,18)(H,15,16). The van der Waals surface area contributed by atoms with Crippen LogP contribution in [-0.4, -0.2) is 28.1 Å². The molecule has 6 heteroatoms. The Morgan fingerprint density at radius 2 is 2.21 bits per heavy atom. The summed E-state index contributed by atoms with van der Waals surface area (Å²) < 4.78 is 5.17.